The fraction of sp³-hybridized carbons (Fsp3) is 0. The summed E-state index contributed by atoms with van der Waals surface area (Å²) < 4.78 is 14.6. The van der Waals surface area contributed by atoms with E-state index < -0.39 is 11.7 Å². The maximum atomic E-state index is 13.0. The Morgan fingerprint density at radius 2 is 1.68 bits per heavy atom. The van der Waals surface area contributed by atoms with Crippen LogP contribution in [0, 0.1) is 28.5 Å². The molecular formula is C23H13FN6O. The lowest BCUT2D eigenvalue weighted by Gasteiger charge is -2.22. The lowest BCUT2D eigenvalue weighted by atomic mass is 10.1. The van der Waals surface area contributed by atoms with Crippen LogP contribution in [0.25, 0.3) is 0 Å². The molecule has 0 saturated heterocycles. The average Bonchev–Trinajstić information content (AvgIpc) is 2.80. The normalized spacial score (nSPS) is 11.8. The molecule has 8 heteroatoms. The van der Waals surface area contributed by atoms with Crippen molar-refractivity contribution in [1.82, 2.24) is 4.57 Å². The molecule has 3 aromatic rings. The number of benzene rings is 2. The van der Waals surface area contributed by atoms with Crippen LogP contribution in [0.1, 0.15) is 10.4 Å². The number of nitriles is 2. The van der Waals surface area contributed by atoms with E-state index >= 15 is 0 Å². The molecule has 0 aliphatic carbocycles. The van der Waals surface area contributed by atoms with E-state index in [-0.39, 0.29) is 16.8 Å². The van der Waals surface area contributed by atoms with Gasteiger partial charge in [0, 0.05) is 18.0 Å². The number of para-hydroxylation sites is 2. The Morgan fingerprint density at radius 1 is 1.00 bits per heavy atom. The van der Waals surface area contributed by atoms with E-state index in [1.54, 1.807) is 35.2 Å². The van der Waals surface area contributed by atoms with Gasteiger partial charge in [-0.15, -0.1) is 0 Å². The van der Waals surface area contributed by atoms with Gasteiger partial charge < -0.3 is 9.88 Å². The molecule has 2 aromatic carbocycles. The van der Waals surface area contributed by atoms with Gasteiger partial charge in [-0.2, -0.15) is 10.5 Å². The first-order valence-corrected chi connectivity index (χ1v) is 9.12. The highest BCUT2D eigenvalue weighted by Gasteiger charge is 2.21. The molecule has 0 fully saturated rings. The molecular weight excluding hydrogens is 395 g/mol. The molecule has 1 aliphatic rings. The standard InChI is InChI=1S/C23H13FN6O/c24-17-7-5-15(6-8-17)23(31)27-18-9-11-30(12-10-18)22-21(16(13-25)14-26)28-19-3-1-2-4-20(19)29-22/h1-12,28H. The summed E-state index contributed by atoms with van der Waals surface area (Å²) in [4.78, 5) is 20.9. The van der Waals surface area contributed by atoms with E-state index in [4.69, 9.17) is 0 Å². The molecule has 0 spiro atoms. The number of aliphatic imine (C=N–C) groups is 1. The summed E-state index contributed by atoms with van der Waals surface area (Å²) in [6, 6.07) is 19.4. The molecule has 148 valence electrons. The van der Waals surface area contributed by atoms with Crippen molar-refractivity contribution in [3.05, 3.63) is 101 Å². The minimum absolute atomic E-state index is 0.110. The third-order valence-corrected chi connectivity index (χ3v) is 4.47. The second-order valence-corrected chi connectivity index (χ2v) is 6.44. The number of pyridine rings is 1. The Bertz CT molecular complexity index is 1360. The molecule has 7 nitrogen and oxygen atoms in total. The number of carbonyl (C=O) groups excluding carboxylic acids is 1. The number of hydrogen-bond donors (Lipinski definition) is 1. The number of carbonyl (C=O) groups is 1. The van der Waals surface area contributed by atoms with Crippen molar-refractivity contribution >= 4 is 23.1 Å². The van der Waals surface area contributed by atoms with Crippen LogP contribution in [0.5, 0.6) is 0 Å². The van der Waals surface area contributed by atoms with Crippen molar-refractivity contribution in [2.24, 2.45) is 9.98 Å². The summed E-state index contributed by atoms with van der Waals surface area (Å²) >= 11 is 0. The SMILES string of the molecule is N#CC(C#N)=C1Nc2ccccc2N=C1n1ccc(=NC(=O)c2ccc(F)cc2)cc1. The van der Waals surface area contributed by atoms with Crippen molar-refractivity contribution in [1.29, 1.82) is 10.5 Å². The Morgan fingerprint density at radius 3 is 2.35 bits per heavy atom. The van der Waals surface area contributed by atoms with Gasteiger partial charge in [0.15, 0.2) is 11.4 Å². The molecule has 4 rings (SSSR count). The number of rotatable bonds is 1. The number of halogens is 1. The van der Waals surface area contributed by atoms with E-state index in [0.29, 0.717) is 22.6 Å². The minimum atomic E-state index is -0.500. The average molecular weight is 408 g/mol. The van der Waals surface area contributed by atoms with E-state index in [2.05, 4.69) is 15.3 Å². The van der Waals surface area contributed by atoms with E-state index in [0.717, 1.165) is 0 Å². The summed E-state index contributed by atoms with van der Waals surface area (Å²) in [6.07, 6.45) is 3.25. The minimum Gasteiger partial charge on any atom is -0.349 e. The van der Waals surface area contributed by atoms with Crippen LogP contribution in [0.4, 0.5) is 15.8 Å². The number of aromatic nitrogens is 1. The molecule has 2 heterocycles. The van der Waals surface area contributed by atoms with Crippen LogP contribution in [-0.4, -0.2) is 16.3 Å². The van der Waals surface area contributed by atoms with Gasteiger partial charge in [-0.1, -0.05) is 12.1 Å². The number of hydrogen-bond acceptors (Lipinski definition) is 5. The smallest absolute Gasteiger partial charge is 0.277 e. The topological polar surface area (TPSA) is 106 Å². The van der Waals surface area contributed by atoms with Crippen LogP contribution in [0.3, 0.4) is 0 Å². The van der Waals surface area contributed by atoms with Crippen molar-refractivity contribution in [2.75, 3.05) is 5.32 Å². The van der Waals surface area contributed by atoms with E-state index in [1.165, 1.54) is 24.3 Å². The van der Waals surface area contributed by atoms with Crippen molar-refractivity contribution < 1.29 is 9.18 Å². The molecule has 0 saturated carbocycles. The molecule has 1 aromatic heterocycles. The molecule has 1 amide bonds. The molecule has 1 aliphatic heterocycles. The largest absolute Gasteiger partial charge is 0.349 e. The van der Waals surface area contributed by atoms with Gasteiger partial charge in [0.05, 0.1) is 16.7 Å². The Balaban J connectivity index is 1.73. The second-order valence-electron chi connectivity index (χ2n) is 6.44. The van der Waals surface area contributed by atoms with E-state index in [9.17, 15) is 19.7 Å². The molecule has 0 unspecified atom stereocenters. The third-order valence-electron chi connectivity index (χ3n) is 4.47. The maximum Gasteiger partial charge on any atom is 0.277 e. The quantitative estimate of drug-likeness (QED) is 0.620. The Hall–Kier alpha value is -4.82. The van der Waals surface area contributed by atoms with Crippen LogP contribution < -0.4 is 10.7 Å². The number of allylic oxidation sites excluding steroid dienone is 2. The third kappa shape index (κ3) is 4.00. The van der Waals surface area contributed by atoms with Crippen LogP contribution >= 0.6 is 0 Å². The monoisotopic (exact) mass is 408 g/mol. The lowest BCUT2D eigenvalue weighted by molar-refractivity contribution is 0.0998. The maximum absolute atomic E-state index is 13.0. The number of fused-ring (bicyclic) bond motifs is 1. The van der Waals surface area contributed by atoms with Crippen molar-refractivity contribution in [3.63, 3.8) is 0 Å². The highest BCUT2D eigenvalue weighted by molar-refractivity contribution is 6.08. The zero-order valence-corrected chi connectivity index (χ0v) is 16.0. The molecule has 0 radical (unpaired) electrons. The van der Waals surface area contributed by atoms with Gasteiger partial charge >= 0.3 is 0 Å². The van der Waals surface area contributed by atoms with Crippen molar-refractivity contribution in [3.8, 4) is 12.1 Å². The Labute approximate surface area is 176 Å². The lowest BCUT2D eigenvalue weighted by Crippen LogP contribution is -2.25. The zero-order valence-electron chi connectivity index (χ0n) is 16.0. The zero-order chi connectivity index (χ0) is 21.8. The van der Waals surface area contributed by atoms with Gasteiger partial charge in [0.2, 0.25) is 0 Å². The first-order chi connectivity index (χ1) is 15.1. The summed E-state index contributed by atoms with van der Waals surface area (Å²) in [5.41, 5.74) is 1.78. The Kier molecular flexibility index (Phi) is 5.20. The van der Waals surface area contributed by atoms with Crippen LogP contribution in [-0.2, 0) is 0 Å². The van der Waals surface area contributed by atoms with Gasteiger partial charge in [-0.3, -0.25) is 4.79 Å². The van der Waals surface area contributed by atoms with Crippen molar-refractivity contribution in [2.45, 2.75) is 0 Å². The summed E-state index contributed by atoms with van der Waals surface area (Å²) in [5.74, 6) is -0.577. The fourth-order valence-corrected chi connectivity index (χ4v) is 2.94. The first-order valence-electron chi connectivity index (χ1n) is 9.12. The van der Waals surface area contributed by atoms with Gasteiger partial charge in [-0.05, 0) is 48.5 Å². The van der Waals surface area contributed by atoms with Crippen LogP contribution in [0.2, 0.25) is 0 Å². The molecule has 31 heavy (non-hydrogen) atoms. The van der Waals surface area contributed by atoms with Crippen LogP contribution in [0.15, 0.2) is 94.3 Å². The second kappa shape index (κ2) is 8.27. The predicted octanol–water partition coefficient (Wildman–Crippen LogP) is 3.67. The number of amides is 1. The number of anilines is 1. The number of nitrogens with one attached hydrogen (secondary N) is 1. The predicted molar refractivity (Wildman–Crippen MR) is 112 cm³/mol. The first kappa shape index (κ1) is 19.5. The summed E-state index contributed by atoms with van der Waals surface area (Å²) in [7, 11) is 0. The molecule has 0 bridgehead atoms. The molecule has 0 atom stereocenters. The fourth-order valence-electron chi connectivity index (χ4n) is 2.94. The molecule has 1 N–H and O–H groups in total. The van der Waals surface area contributed by atoms with E-state index in [1.807, 2.05) is 30.3 Å². The van der Waals surface area contributed by atoms with Gasteiger partial charge in [0.1, 0.15) is 23.7 Å². The summed E-state index contributed by atoms with van der Waals surface area (Å²) in [5, 5.41) is 22.2. The van der Waals surface area contributed by atoms with Gasteiger partial charge in [-0.25, -0.2) is 14.4 Å². The number of nitrogens with zero attached hydrogens (tertiary/aromatic N) is 5. The highest BCUT2D eigenvalue weighted by Crippen LogP contribution is 2.31. The highest BCUT2D eigenvalue weighted by atomic mass is 19.1. The van der Waals surface area contributed by atoms with Gasteiger partial charge in [0.25, 0.3) is 5.91 Å². The summed E-state index contributed by atoms with van der Waals surface area (Å²) in [6.45, 7) is 0.